The van der Waals surface area contributed by atoms with E-state index in [1.165, 1.54) is 25.7 Å². The van der Waals surface area contributed by atoms with Gasteiger partial charge in [-0.2, -0.15) is 0 Å². The van der Waals surface area contributed by atoms with Crippen LogP contribution >= 0.6 is 0 Å². The lowest BCUT2D eigenvalue weighted by Gasteiger charge is -1.91. The normalized spacial score (nSPS) is 12.1. The van der Waals surface area contributed by atoms with Crippen LogP contribution in [0.5, 0.6) is 0 Å². The Morgan fingerprint density at radius 2 is 1.35 bits per heavy atom. The van der Waals surface area contributed by atoms with E-state index in [4.69, 9.17) is 5.11 Å². The standard InChI is InChI=1S/C18H30O2/c1-2-3-4-5-6-7-8-9-10-11-12-13-14-15-16-17-18(19)20/h6-7,9-10,13-14H,2-5,8,11-12,15-17H2,1H3,(H,19,20). The fourth-order valence-electron chi connectivity index (χ4n) is 1.82. The van der Waals surface area contributed by atoms with E-state index >= 15 is 0 Å². The highest BCUT2D eigenvalue weighted by molar-refractivity contribution is 5.66. The second-order valence-corrected chi connectivity index (χ2v) is 5.01. The zero-order chi connectivity index (χ0) is 14.9. The number of hydrogen-bond acceptors (Lipinski definition) is 1. The second-order valence-electron chi connectivity index (χ2n) is 5.01. The molecule has 0 heterocycles. The molecule has 0 amide bonds. The molecule has 0 aliphatic rings. The van der Waals surface area contributed by atoms with Crippen molar-refractivity contribution in [3.05, 3.63) is 36.5 Å². The van der Waals surface area contributed by atoms with Gasteiger partial charge in [-0.25, -0.2) is 0 Å². The Labute approximate surface area is 124 Å². The van der Waals surface area contributed by atoms with Gasteiger partial charge in [0.15, 0.2) is 0 Å². The highest BCUT2D eigenvalue weighted by atomic mass is 16.4. The summed E-state index contributed by atoms with van der Waals surface area (Å²) in [7, 11) is 0. The lowest BCUT2D eigenvalue weighted by molar-refractivity contribution is -0.137. The predicted octanol–water partition coefficient (Wildman–Crippen LogP) is 5.66. The Bertz CT molecular complexity index is 301. The fourth-order valence-corrected chi connectivity index (χ4v) is 1.82. The molecule has 0 fully saturated rings. The Morgan fingerprint density at radius 1 is 0.800 bits per heavy atom. The van der Waals surface area contributed by atoms with Gasteiger partial charge in [0.1, 0.15) is 0 Å². The van der Waals surface area contributed by atoms with Gasteiger partial charge < -0.3 is 5.11 Å². The van der Waals surface area contributed by atoms with Crippen LogP contribution in [0.3, 0.4) is 0 Å². The Hall–Kier alpha value is -1.31. The van der Waals surface area contributed by atoms with Crippen molar-refractivity contribution in [3.8, 4) is 0 Å². The summed E-state index contributed by atoms with van der Waals surface area (Å²) < 4.78 is 0. The Balaban J connectivity index is 3.30. The highest BCUT2D eigenvalue weighted by Gasteiger charge is 1.92. The number of carboxylic acids is 1. The molecular formula is C18H30O2. The second kappa shape index (κ2) is 15.7. The molecule has 0 aromatic rings. The van der Waals surface area contributed by atoms with E-state index in [-0.39, 0.29) is 6.42 Å². The average molecular weight is 278 g/mol. The summed E-state index contributed by atoms with van der Waals surface area (Å²) in [6, 6.07) is 0. The van der Waals surface area contributed by atoms with Crippen LogP contribution in [0.4, 0.5) is 0 Å². The molecule has 0 atom stereocenters. The quantitative estimate of drug-likeness (QED) is 0.348. The molecule has 0 aromatic carbocycles. The molecule has 2 heteroatoms. The van der Waals surface area contributed by atoms with Crippen LogP contribution in [0.15, 0.2) is 36.5 Å². The van der Waals surface area contributed by atoms with Crippen molar-refractivity contribution in [1.29, 1.82) is 0 Å². The van der Waals surface area contributed by atoms with Gasteiger partial charge >= 0.3 is 5.97 Å². The van der Waals surface area contributed by atoms with Crippen molar-refractivity contribution in [2.75, 3.05) is 0 Å². The molecule has 0 unspecified atom stereocenters. The number of rotatable bonds is 13. The maximum absolute atomic E-state index is 10.3. The highest BCUT2D eigenvalue weighted by Crippen LogP contribution is 2.02. The van der Waals surface area contributed by atoms with E-state index in [1.807, 2.05) is 0 Å². The van der Waals surface area contributed by atoms with Gasteiger partial charge in [0.2, 0.25) is 0 Å². The summed E-state index contributed by atoms with van der Waals surface area (Å²) in [6.45, 7) is 2.23. The number of allylic oxidation sites excluding steroid dienone is 6. The number of carbonyl (C=O) groups is 1. The first-order chi connectivity index (χ1) is 9.77. The molecule has 0 rings (SSSR count). The smallest absolute Gasteiger partial charge is 0.303 e. The maximum atomic E-state index is 10.3. The molecule has 0 bridgehead atoms. The fraction of sp³-hybridized carbons (Fsp3) is 0.611. The van der Waals surface area contributed by atoms with Crippen LogP contribution in [-0.2, 0) is 4.79 Å². The summed E-state index contributed by atoms with van der Waals surface area (Å²) in [5.74, 6) is -0.705. The van der Waals surface area contributed by atoms with E-state index < -0.39 is 5.97 Å². The van der Waals surface area contributed by atoms with Crippen molar-refractivity contribution in [1.82, 2.24) is 0 Å². The molecule has 0 aliphatic heterocycles. The molecule has 114 valence electrons. The SMILES string of the molecule is CCCCCC=CCC=CCCC=CCCCC(=O)O. The monoisotopic (exact) mass is 278 g/mol. The molecule has 1 N–H and O–H groups in total. The average Bonchev–Trinajstić information content (AvgIpc) is 2.43. The molecule has 0 saturated heterocycles. The topological polar surface area (TPSA) is 37.3 Å². The van der Waals surface area contributed by atoms with Gasteiger partial charge in [-0.3, -0.25) is 4.79 Å². The number of hydrogen-bond donors (Lipinski definition) is 1. The third-order valence-electron chi connectivity index (χ3n) is 3.01. The molecule has 0 saturated carbocycles. The van der Waals surface area contributed by atoms with Crippen LogP contribution in [0.2, 0.25) is 0 Å². The van der Waals surface area contributed by atoms with E-state index in [1.54, 1.807) is 0 Å². The summed E-state index contributed by atoms with van der Waals surface area (Å²) in [5.41, 5.74) is 0. The first-order valence-electron chi connectivity index (χ1n) is 7.94. The zero-order valence-corrected chi connectivity index (χ0v) is 12.9. The molecule has 2 nitrogen and oxygen atoms in total. The summed E-state index contributed by atoms with van der Waals surface area (Å²) in [6.07, 6.45) is 23.4. The van der Waals surface area contributed by atoms with Gasteiger partial charge in [-0.05, 0) is 44.9 Å². The summed E-state index contributed by atoms with van der Waals surface area (Å²) in [5, 5.41) is 8.48. The van der Waals surface area contributed by atoms with Crippen LogP contribution in [0.25, 0.3) is 0 Å². The number of unbranched alkanes of at least 4 members (excludes halogenated alkanes) is 5. The Kier molecular flexibility index (Phi) is 14.7. The lowest BCUT2D eigenvalue weighted by atomic mass is 10.2. The van der Waals surface area contributed by atoms with Crippen molar-refractivity contribution in [2.24, 2.45) is 0 Å². The lowest BCUT2D eigenvalue weighted by Crippen LogP contribution is -1.92. The Morgan fingerprint density at radius 3 is 2.00 bits per heavy atom. The molecule has 0 aliphatic carbocycles. The molecule has 0 aromatic heterocycles. The molecule has 20 heavy (non-hydrogen) atoms. The van der Waals surface area contributed by atoms with E-state index in [0.29, 0.717) is 0 Å². The third kappa shape index (κ3) is 16.7. The summed E-state index contributed by atoms with van der Waals surface area (Å²) in [4.78, 5) is 10.3. The zero-order valence-electron chi connectivity index (χ0n) is 12.9. The predicted molar refractivity (Wildman–Crippen MR) is 86.9 cm³/mol. The van der Waals surface area contributed by atoms with E-state index in [0.717, 1.165) is 32.1 Å². The van der Waals surface area contributed by atoms with Crippen LogP contribution in [-0.4, -0.2) is 11.1 Å². The van der Waals surface area contributed by atoms with Crippen LogP contribution in [0, 0.1) is 0 Å². The first kappa shape index (κ1) is 18.7. The third-order valence-corrected chi connectivity index (χ3v) is 3.01. The van der Waals surface area contributed by atoms with Crippen molar-refractivity contribution in [3.63, 3.8) is 0 Å². The van der Waals surface area contributed by atoms with Crippen LogP contribution in [0.1, 0.15) is 71.1 Å². The molecule has 0 radical (unpaired) electrons. The largest absolute Gasteiger partial charge is 0.481 e. The minimum absolute atomic E-state index is 0.273. The van der Waals surface area contributed by atoms with E-state index in [9.17, 15) is 4.79 Å². The number of carboxylic acid groups (broad SMARTS) is 1. The van der Waals surface area contributed by atoms with Gasteiger partial charge in [-0.15, -0.1) is 0 Å². The van der Waals surface area contributed by atoms with Crippen LogP contribution < -0.4 is 0 Å². The van der Waals surface area contributed by atoms with Gasteiger partial charge in [0.05, 0.1) is 0 Å². The molecule has 0 spiro atoms. The summed E-state index contributed by atoms with van der Waals surface area (Å²) >= 11 is 0. The van der Waals surface area contributed by atoms with Gasteiger partial charge in [0.25, 0.3) is 0 Å². The van der Waals surface area contributed by atoms with Crippen molar-refractivity contribution >= 4 is 5.97 Å². The van der Waals surface area contributed by atoms with Gasteiger partial charge in [-0.1, -0.05) is 56.2 Å². The minimum Gasteiger partial charge on any atom is -0.481 e. The molecular weight excluding hydrogens is 248 g/mol. The van der Waals surface area contributed by atoms with Crippen molar-refractivity contribution in [2.45, 2.75) is 71.1 Å². The maximum Gasteiger partial charge on any atom is 0.303 e. The first-order valence-corrected chi connectivity index (χ1v) is 7.94. The van der Waals surface area contributed by atoms with Crippen molar-refractivity contribution < 1.29 is 9.90 Å². The minimum atomic E-state index is -0.705. The van der Waals surface area contributed by atoms with E-state index in [2.05, 4.69) is 43.4 Å². The number of aliphatic carboxylic acids is 1. The van der Waals surface area contributed by atoms with Gasteiger partial charge in [0, 0.05) is 6.42 Å².